The molecule has 106 valence electrons. The summed E-state index contributed by atoms with van der Waals surface area (Å²) in [4.78, 5) is 2.62. The maximum absolute atomic E-state index is 5.63. The van der Waals surface area contributed by atoms with Gasteiger partial charge in [0.25, 0.3) is 0 Å². The van der Waals surface area contributed by atoms with Crippen molar-refractivity contribution in [2.45, 2.75) is 50.5 Å². The Hall–Kier alpha value is 0.230. The molecule has 3 nitrogen and oxygen atoms in total. The predicted octanol–water partition coefficient (Wildman–Crippen LogP) is 1.97. The van der Waals surface area contributed by atoms with E-state index in [2.05, 4.69) is 42.7 Å². The Morgan fingerprint density at radius 3 is 3.00 bits per heavy atom. The van der Waals surface area contributed by atoms with Crippen LogP contribution in [-0.4, -0.2) is 60.3 Å². The molecule has 0 radical (unpaired) electrons. The second kappa shape index (κ2) is 6.60. The lowest BCUT2D eigenvalue weighted by molar-refractivity contribution is 0.107. The molecule has 0 saturated carbocycles. The van der Waals surface area contributed by atoms with Gasteiger partial charge in [-0.25, -0.2) is 0 Å². The molecule has 2 aliphatic heterocycles. The first-order valence-electron chi connectivity index (χ1n) is 7.27. The maximum atomic E-state index is 5.63. The molecular weight excluding hydrogens is 244 g/mol. The zero-order valence-electron chi connectivity index (χ0n) is 12.1. The average Bonchev–Trinajstić information content (AvgIpc) is 2.80. The van der Waals surface area contributed by atoms with Gasteiger partial charge < -0.3 is 10.1 Å². The van der Waals surface area contributed by atoms with Gasteiger partial charge in [0.2, 0.25) is 0 Å². The molecule has 2 aliphatic rings. The summed E-state index contributed by atoms with van der Waals surface area (Å²) in [6.07, 6.45) is 2.93. The zero-order chi connectivity index (χ0) is 13.0. The van der Waals surface area contributed by atoms with Crippen molar-refractivity contribution in [3.8, 4) is 0 Å². The van der Waals surface area contributed by atoms with Gasteiger partial charge in [-0.2, -0.15) is 11.8 Å². The molecule has 0 aromatic rings. The third kappa shape index (κ3) is 4.41. The number of rotatable bonds is 5. The molecule has 2 fully saturated rings. The standard InChI is InChI=1S/C14H28N2OS/c1-12(9-15-10-13-5-4-7-17-13)16-6-8-18-14(2,3)11-16/h12-13,15H,4-11H2,1-3H3. The molecule has 0 spiro atoms. The summed E-state index contributed by atoms with van der Waals surface area (Å²) in [6, 6.07) is 0.631. The predicted molar refractivity (Wildman–Crippen MR) is 79.4 cm³/mol. The first kappa shape index (κ1) is 14.6. The quantitative estimate of drug-likeness (QED) is 0.827. The molecule has 2 saturated heterocycles. The molecule has 2 unspecified atom stereocenters. The van der Waals surface area contributed by atoms with E-state index in [0.29, 0.717) is 16.9 Å². The van der Waals surface area contributed by atoms with Crippen LogP contribution in [-0.2, 0) is 4.74 Å². The Morgan fingerprint density at radius 1 is 1.50 bits per heavy atom. The van der Waals surface area contributed by atoms with E-state index in [1.807, 2.05) is 0 Å². The van der Waals surface area contributed by atoms with Gasteiger partial charge >= 0.3 is 0 Å². The van der Waals surface area contributed by atoms with Crippen molar-refractivity contribution >= 4 is 11.8 Å². The van der Waals surface area contributed by atoms with Crippen LogP contribution in [0.3, 0.4) is 0 Å². The minimum atomic E-state index is 0.418. The van der Waals surface area contributed by atoms with E-state index >= 15 is 0 Å². The smallest absolute Gasteiger partial charge is 0.0700 e. The topological polar surface area (TPSA) is 24.5 Å². The van der Waals surface area contributed by atoms with Gasteiger partial charge in [-0.15, -0.1) is 0 Å². The van der Waals surface area contributed by atoms with Gasteiger partial charge in [0.1, 0.15) is 0 Å². The highest BCUT2D eigenvalue weighted by Crippen LogP contribution is 2.30. The lowest BCUT2D eigenvalue weighted by atomic mass is 10.1. The molecule has 0 bridgehead atoms. The van der Waals surface area contributed by atoms with Gasteiger partial charge in [-0.3, -0.25) is 4.90 Å². The van der Waals surface area contributed by atoms with E-state index in [4.69, 9.17) is 4.74 Å². The fraction of sp³-hybridized carbons (Fsp3) is 1.00. The highest BCUT2D eigenvalue weighted by atomic mass is 32.2. The number of hydrogen-bond acceptors (Lipinski definition) is 4. The highest BCUT2D eigenvalue weighted by Gasteiger charge is 2.29. The minimum absolute atomic E-state index is 0.418. The summed E-state index contributed by atoms with van der Waals surface area (Å²) in [5, 5.41) is 3.58. The van der Waals surface area contributed by atoms with Gasteiger partial charge in [-0.1, -0.05) is 0 Å². The van der Waals surface area contributed by atoms with Gasteiger partial charge in [0.15, 0.2) is 0 Å². The molecule has 0 aromatic carbocycles. The summed E-state index contributed by atoms with van der Waals surface area (Å²) in [6.45, 7) is 12.6. The Balaban J connectivity index is 1.65. The fourth-order valence-corrected chi connectivity index (χ4v) is 3.95. The lowest BCUT2D eigenvalue weighted by Gasteiger charge is -2.41. The van der Waals surface area contributed by atoms with E-state index in [0.717, 1.165) is 19.7 Å². The molecule has 0 aliphatic carbocycles. The molecule has 2 atom stereocenters. The van der Waals surface area contributed by atoms with Crippen molar-refractivity contribution in [2.24, 2.45) is 0 Å². The molecule has 4 heteroatoms. The van der Waals surface area contributed by atoms with Crippen molar-refractivity contribution < 1.29 is 4.74 Å². The summed E-state index contributed by atoms with van der Waals surface area (Å²) in [5.74, 6) is 1.27. The third-order valence-electron chi connectivity index (χ3n) is 3.91. The van der Waals surface area contributed by atoms with Crippen LogP contribution in [0.5, 0.6) is 0 Å². The van der Waals surface area contributed by atoms with Crippen molar-refractivity contribution in [1.82, 2.24) is 10.2 Å². The van der Waals surface area contributed by atoms with Crippen LogP contribution in [0, 0.1) is 0 Å². The molecule has 0 aromatic heterocycles. The Labute approximate surface area is 116 Å². The Bertz CT molecular complexity index is 254. The SMILES string of the molecule is CC(CNCC1CCCO1)N1CCSC(C)(C)C1. The van der Waals surface area contributed by atoms with E-state index in [1.165, 1.54) is 31.7 Å². The van der Waals surface area contributed by atoms with E-state index < -0.39 is 0 Å². The number of nitrogens with zero attached hydrogens (tertiary/aromatic N) is 1. The largest absolute Gasteiger partial charge is 0.377 e. The normalized spacial score (nSPS) is 30.5. The first-order valence-corrected chi connectivity index (χ1v) is 8.26. The minimum Gasteiger partial charge on any atom is -0.377 e. The van der Waals surface area contributed by atoms with Crippen molar-refractivity contribution in [3.63, 3.8) is 0 Å². The van der Waals surface area contributed by atoms with Crippen LogP contribution in [0.15, 0.2) is 0 Å². The summed E-state index contributed by atoms with van der Waals surface area (Å²) in [5.41, 5.74) is 0. The number of nitrogens with one attached hydrogen (secondary N) is 1. The molecule has 18 heavy (non-hydrogen) atoms. The maximum Gasteiger partial charge on any atom is 0.0700 e. The van der Waals surface area contributed by atoms with Crippen LogP contribution in [0.2, 0.25) is 0 Å². The van der Waals surface area contributed by atoms with Crippen LogP contribution in [0.1, 0.15) is 33.6 Å². The second-order valence-corrected chi connectivity index (χ2v) is 8.02. The van der Waals surface area contributed by atoms with Crippen LogP contribution in [0.4, 0.5) is 0 Å². The van der Waals surface area contributed by atoms with Crippen molar-refractivity contribution in [2.75, 3.05) is 38.5 Å². The van der Waals surface area contributed by atoms with Gasteiger partial charge in [-0.05, 0) is 33.6 Å². The molecule has 2 rings (SSSR count). The Kier molecular flexibility index (Phi) is 5.36. The van der Waals surface area contributed by atoms with Crippen molar-refractivity contribution in [1.29, 1.82) is 0 Å². The summed E-state index contributed by atoms with van der Waals surface area (Å²) < 4.78 is 6.05. The molecule has 2 heterocycles. The number of hydrogen-bond donors (Lipinski definition) is 1. The van der Waals surface area contributed by atoms with E-state index in [9.17, 15) is 0 Å². The van der Waals surface area contributed by atoms with Gasteiger partial charge in [0, 0.05) is 49.3 Å². The van der Waals surface area contributed by atoms with Gasteiger partial charge in [0.05, 0.1) is 6.10 Å². The van der Waals surface area contributed by atoms with E-state index in [1.54, 1.807) is 0 Å². The van der Waals surface area contributed by atoms with Crippen LogP contribution in [0.25, 0.3) is 0 Å². The zero-order valence-corrected chi connectivity index (χ0v) is 12.9. The number of thioether (sulfide) groups is 1. The molecular formula is C14H28N2OS. The molecule has 1 N–H and O–H groups in total. The third-order valence-corrected chi connectivity index (χ3v) is 5.21. The summed E-state index contributed by atoms with van der Waals surface area (Å²) in [7, 11) is 0. The molecule has 0 amide bonds. The van der Waals surface area contributed by atoms with E-state index in [-0.39, 0.29) is 0 Å². The Morgan fingerprint density at radius 2 is 2.33 bits per heavy atom. The van der Waals surface area contributed by atoms with Crippen molar-refractivity contribution in [3.05, 3.63) is 0 Å². The fourth-order valence-electron chi connectivity index (χ4n) is 2.82. The summed E-state index contributed by atoms with van der Waals surface area (Å²) >= 11 is 2.10. The highest BCUT2D eigenvalue weighted by molar-refractivity contribution is 8.00. The monoisotopic (exact) mass is 272 g/mol. The number of ether oxygens (including phenoxy) is 1. The first-order chi connectivity index (χ1) is 8.57. The average molecular weight is 272 g/mol. The van der Waals surface area contributed by atoms with Crippen LogP contribution >= 0.6 is 11.8 Å². The second-order valence-electron chi connectivity index (χ2n) is 6.22. The lowest BCUT2D eigenvalue weighted by Crippen LogP contribution is -2.50. The van der Waals surface area contributed by atoms with Crippen LogP contribution < -0.4 is 5.32 Å².